The van der Waals surface area contributed by atoms with Gasteiger partial charge in [0.2, 0.25) is 0 Å². The van der Waals surface area contributed by atoms with Gasteiger partial charge in [-0.2, -0.15) is 0 Å². The van der Waals surface area contributed by atoms with Crippen molar-refractivity contribution in [2.24, 2.45) is 5.92 Å². The van der Waals surface area contributed by atoms with E-state index in [1.54, 1.807) is 0 Å². The van der Waals surface area contributed by atoms with Gasteiger partial charge < -0.3 is 5.11 Å². The van der Waals surface area contributed by atoms with Gasteiger partial charge in [-0.25, -0.2) is 0 Å². The van der Waals surface area contributed by atoms with Crippen molar-refractivity contribution in [2.75, 3.05) is 0 Å². The molecule has 0 heterocycles. The van der Waals surface area contributed by atoms with Gasteiger partial charge >= 0.3 is 0 Å². The van der Waals surface area contributed by atoms with Crippen molar-refractivity contribution in [3.63, 3.8) is 0 Å². The van der Waals surface area contributed by atoms with Crippen molar-refractivity contribution in [2.45, 2.75) is 39.7 Å². The first-order chi connectivity index (χ1) is 7.00. The van der Waals surface area contributed by atoms with Crippen LogP contribution in [0.15, 0.2) is 18.2 Å². The highest BCUT2D eigenvalue weighted by Gasteiger charge is 2.10. The monoisotopic (exact) mass is 226 g/mol. The van der Waals surface area contributed by atoms with Gasteiger partial charge in [-0.3, -0.25) is 0 Å². The summed E-state index contributed by atoms with van der Waals surface area (Å²) in [5, 5.41) is 10.7. The zero-order valence-electron chi connectivity index (χ0n) is 9.63. The van der Waals surface area contributed by atoms with Gasteiger partial charge in [0.25, 0.3) is 0 Å². The number of hydrogen-bond donors (Lipinski definition) is 1. The van der Waals surface area contributed by atoms with Crippen molar-refractivity contribution in [1.82, 2.24) is 0 Å². The molecule has 0 amide bonds. The quantitative estimate of drug-likeness (QED) is 0.819. The minimum absolute atomic E-state index is 0.357. The topological polar surface area (TPSA) is 20.2 Å². The molecule has 0 bridgehead atoms. The fourth-order valence-electron chi connectivity index (χ4n) is 1.66. The van der Waals surface area contributed by atoms with E-state index < -0.39 is 0 Å². The van der Waals surface area contributed by atoms with Gasteiger partial charge in [-0.1, -0.05) is 31.5 Å². The first kappa shape index (κ1) is 12.5. The maximum Gasteiger partial charge on any atom is 0.0792 e. The number of hydrogen-bond acceptors (Lipinski definition) is 1. The van der Waals surface area contributed by atoms with Gasteiger partial charge in [0.1, 0.15) is 0 Å². The smallest absolute Gasteiger partial charge is 0.0792 e. The predicted octanol–water partition coefficient (Wildman–Crippen LogP) is 4.12. The van der Waals surface area contributed by atoms with Crippen LogP contribution in [0.5, 0.6) is 0 Å². The van der Waals surface area contributed by atoms with Crippen LogP contribution in [-0.4, -0.2) is 5.11 Å². The Balaban J connectivity index is 2.69. The van der Waals surface area contributed by atoms with Crippen molar-refractivity contribution in [1.29, 1.82) is 0 Å². The first-order valence-corrected chi connectivity index (χ1v) is 5.82. The SMILES string of the molecule is Cc1cc(Cl)ccc1C(O)CCC(C)C. The number of halogens is 1. The number of aliphatic hydroxyl groups excluding tert-OH is 1. The molecule has 1 unspecified atom stereocenters. The normalized spacial score (nSPS) is 13.2. The zero-order chi connectivity index (χ0) is 11.4. The van der Waals surface area contributed by atoms with E-state index in [2.05, 4.69) is 13.8 Å². The highest BCUT2D eigenvalue weighted by Crippen LogP contribution is 2.25. The average molecular weight is 227 g/mol. The Hall–Kier alpha value is -0.530. The fraction of sp³-hybridized carbons (Fsp3) is 0.538. The Morgan fingerprint density at radius 3 is 2.47 bits per heavy atom. The van der Waals surface area contributed by atoms with Crippen LogP contribution in [-0.2, 0) is 0 Å². The molecule has 1 aromatic carbocycles. The van der Waals surface area contributed by atoms with Crippen molar-refractivity contribution in [3.05, 3.63) is 34.3 Å². The number of rotatable bonds is 4. The summed E-state index contributed by atoms with van der Waals surface area (Å²) >= 11 is 5.87. The third kappa shape index (κ3) is 3.84. The van der Waals surface area contributed by atoms with Crippen LogP contribution in [0.4, 0.5) is 0 Å². The van der Waals surface area contributed by atoms with Crippen LogP contribution in [0.3, 0.4) is 0 Å². The summed E-state index contributed by atoms with van der Waals surface area (Å²) in [6, 6.07) is 5.65. The minimum atomic E-state index is -0.357. The minimum Gasteiger partial charge on any atom is -0.388 e. The molecule has 1 N–H and O–H groups in total. The predicted molar refractivity (Wildman–Crippen MR) is 65.2 cm³/mol. The van der Waals surface area contributed by atoms with Crippen LogP contribution >= 0.6 is 11.6 Å². The lowest BCUT2D eigenvalue weighted by Crippen LogP contribution is -2.01. The van der Waals surface area contributed by atoms with Crippen molar-refractivity contribution < 1.29 is 5.11 Å². The molecule has 0 saturated heterocycles. The third-order valence-corrected chi connectivity index (χ3v) is 2.84. The van der Waals surface area contributed by atoms with Crippen LogP contribution < -0.4 is 0 Å². The Morgan fingerprint density at radius 2 is 1.93 bits per heavy atom. The molecule has 0 aliphatic heterocycles. The molecular formula is C13H19ClO. The zero-order valence-corrected chi connectivity index (χ0v) is 10.4. The molecule has 1 aromatic rings. The number of aliphatic hydroxyl groups is 1. The molecule has 0 aliphatic rings. The van der Waals surface area contributed by atoms with Crippen LogP contribution in [0, 0.1) is 12.8 Å². The van der Waals surface area contributed by atoms with Gasteiger partial charge in [0, 0.05) is 5.02 Å². The Labute approximate surface area is 97.1 Å². The standard InChI is InChI=1S/C13H19ClO/c1-9(2)4-7-13(15)12-6-5-11(14)8-10(12)3/h5-6,8-9,13,15H,4,7H2,1-3H3. The molecule has 84 valence electrons. The molecule has 1 atom stereocenters. The van der Waals surface area contributed by atoms with Gasteiger partial charge in [0.15, 0.2) is 0 Å². The largest absolute Gasteiger partial charge is 0.388 e. The second kappa shape index (κ2) is 5.53. The molecule has 2 heteroatoms. The first-order valence-electron chi connectivity index (χ1n) is 5.45. The van der Waals surface area contributed by atoms with Gasteiger partial charge in [0.05, 0.1) is 6.10 Å². The summed E-state index contributed by atoms with van der Waals surface area (Å²) in [7, 11) is 0. The molecule has 0 fully saturated rings. The highest BCUT2D eigenvalue weighted by molar-refractivity contribution is 6.30. The maximum atomic E-state index is 10.00. The molecule has 0 radical (unpaired) electrons. The molecule has 0 spiro atoms. The van der Waals surface area contributed by atoms with Gasteiger partial charge in [-0.15, -0.1) is 0 Å². The molecule has 0 aromatic heterocycles. The fourth-order valence-corrected chi connectivity index (χ4v) is 1.89. The Bertz CT molecular complexity index is 320. The maximum absolute atomic E-state index is 10.00. The summed E-state index contributed by atoms with van der Waals surface area (Å²) < 4.78 is 0. The third-order valence-electron chi connectivity index (χ3n) is 2.61. The second-order valence-electron chi connectivity index (χ2n) is 4.49. The van der Waals surface area contributed by atoms with E-state index in [1.807, 2.05) is 25.1 Å². The van der Waals surface area contributed by atoms with E-state index >= 15 is 0 Å². The molecule has 0 aliphatic carbocycles. The molecule has 0 saturated carbocycles. The molecule has 1 nitrogen and oxygen atoms in total. The second-order valence-corrected chi connectivity index (χ2v) is 4.92. The Kier molecular flexibility index (Phi) is 4.62. The highest BCUT2D eigenvalue weighted by atomic mass is 35.5. The molecular weight excluding hydrogens is 208 g/mol. The summed E-state index contributed by atoms with van der Waals surface area (Å²) in [6.45, 7) is 6.32. The average Bonchev–Trinajstić information content (AvgIpc) is 2.14. The summed E-state index contributed by atoms with van der Waals surface area (Å²) in [5.41, 5.74) is 2.07. The van der Waals surface area contributed by atoms with Crippen molar-refractivity contribution >= 4 is 11.6 Å². The van der Waals surface area contributed by atoms with Crippen molar-refractivity contribution in [3.8, 4) is 0 Å². The van der Waals surface area contributed by atoms with Gasteiger partial charge in [-0.05, 0) is 48.9 Å². The van der Waals surface area contributed by atoms with Crippen LogP contribution in [0.2, 0.25) is 5.02 Å². The van der Waals surface area contributed by atoms with E-state index in [0.717, 1.165) is 29.0 Å². The lowest BCUT2D eigenvalue weighted by atomic mass is 9.97. The number of aryl methyl sites for hydroxylation is 1. The lowest BCUT2D eigenvalue weighted by Gasteiger charge is -2.15. The van der Waals surface area contributed by atoms with E-state index in [1.165, 1.54) is 0 Å². The molecule has 15 heavy (non-hydrogen) atoms. The summed E-state index contributed by atoms with van der Waals surface area (Å²) in [5.74, 6) is 0.632. The van der Waals surface area contributed by atoms with E-state index in [0.29, 0.717) is 5.92 Å². The van der Waals surface area contributed by atoms with E-state index in [9.17, 15) is 5.11 Å². The van der Waals surface area contributed by atoms with E-state index in [-0.39, 0.29) is 6.10 Å². The molecule has 1 rings (SSSR count). The van der Waals surface area contributed by atoms with Crippen LogP contribution in [0.1, 0.15) is 43.9 Å². The lowest BCUT2D eigenvalue weighted by molar-refractivity contribution is 0.158. The van der Waals surface area contributed by atoms with Crippen LogP contribution in [0.25, 0.3) is 0 Å². The van der Waals surface area contributed by atoms with E-state index in [4.69, 9.17) is 11.6 Å². The summed E-state index contributed by atoms with van der Waals surface area (Å²) in [6.07, 6.45) is 1.51. The number of benzene rings is 1. The summed E-state index contributed by atoms with van der Waals surface area (Å²) in [4.78, 5) is 0. The Morgan fingerprint density at radius 1 is 1.27 bits per heavy atom.